The Bertz CT molecular complexity index is 128. The number of rotatable bonds is 4. The van der Waals surface area contributed by atoms with E-state index in [4.69, 9.17) is 4.74 Å². The Morgan fingerprint density at radius 2 is 2.17 bits per heavy atom. The predicted molar refractivity (Wildman–Crippen MR) is 49.2 cm³/mol. The lowest BCUT2D eigenvalue weighted by atomic mass is 9.83. The molecule has 1 heterocycles. The normalized spacial score (nSPS) is 30.5. The first-order valence-corrected chi connectivity index (χ1v) is 5.26. The first-order chi connectivity index (χ1) is 5.95. The van der Waals surface area contributed by atoms with Gasteiger partial charge in [-0.05, 0) is 25.3 Å². The average Bonchev–Trinajstić information content (AvgIpc) is 2.46. The SMILES string of the molecule is C1CC(CCNC2CCOC2)C1. The van der Waals surface area contributed by atoms with Gasteiger partial charge in [0, 0.05) is 12.6 Å². The first kappa shape index (κ1) is 8.52. The Morgan fingerprint density at radius 3 is 2.75 bits per heavy atom. The van der Waals surface area contributed by atoms with E-state index in [-0.39, 0.29) is 0 Å². The summed E-state index contributed by atoms with van der Waals surface area (Å²) >= 11 is 0. The summed E-state index contributed by atoms with van der Waals surface area (Å²) in [6.07, 6.45) is 7.02. The first-order valence-electron chi connectivity index (χ1n) is 5.26. The molecule has 2 aliphatic rings. The van der Waals surface area contributed by atoms with E-state index in [1.54, 1.807) is 0 Å². The van der Waals surface area contributed by atoms with Gasteiger partial charge in [-0.3, -0.25) is 0 Å². The minimum Gasteiger partial charge on any atom is -0.380 e. The summed E-state index contributed by atoms with van der Waals surface area (Å²) in [7, 11) is 0. The van der Waals surface area contributed by atoms with E-state index >= 15 is 0 Å². The highest BCUT2D eigenvalue weighted by Gasteiger charge is 2.18. The van der Waals surface area contributed by atoms with Crippen molar-refractivity contribution in [2.45, 2.75) is 38.1 Å². The van der Waals surface area contributed by atoms with Crippen LogP contribution < -0.4 is 5.32 Å². The van der Waals surface area contributed by atoms with Crippen molar-refractivity contribution < 1.29 is 4.74 Å². The number of ether oxygens (including phenoxy) is 1. The van der Waals surface area contributed by atoms with Crippen LogP contribution in [0.25, 0.3) is 0 Å². The Balaban J connectivity index is 1.49. The second-order valence-corrected chi connectivity index (χ2v) is 4.10. The molecule has 1 aliphatic carbocycles. The van der Waals surface area contributed by atoms with Gasteiger partial charge in [0.15, 0.2) is 0 Å². The van der Waals surface area contributed by atoms with Crippen molar-refractivity contribution >= 4 is 0 Å². The fourth-order valence-electron chi connectivity index (χ4n) is 1.97. The molecular weight excluding hydrogens is 150 g/mol. The smallest absolute Gasteiger partial charge is 0.0620 e. The average molecular weight is 169 g/mol. The highest BCUT2D eigenvalue weighted by atomic mass is 16.5. The van der Waals surface area contributed by atoms with E-state index < -0.39 is 0 Å². The molecule has 0 spiro atoms. The molecule has 1 aliphatic heterocycles. The van der Waals surface area contributed by atoms with Gasteiger partial charge in [0.1, 0.15) is 0 Å². The van der Waals surface area contributed by atoms with Gasteiger partial charge < -0.3 is 10.1 Å². The minimum absolute atomic E-state index is 0.657. The van der Waals surface area contributed by atoms with Crippen LogP contribution in [0, 0.1) is 5.92 Å². The van der Waals surface area contributed by atoms with Crippen LogP contribution in [0.3, 0.4) is 0 Å². The van der Waals surface area contributed by atoms with E-state index in [9.17, 15) is 0 Å². The Kier molecular flexibility index (Phi) is 3.01. The van der Waals surface area contributed by atoms with Crippen molar-refractivity contribution in [1.82, 2.24) is 5.32 Å². The Hall–Kier alpha value is -0.0800. The minimum atomic E-state index is 0.657. The van der Waals surface area contributed by atoms with E-state index in [2.05, 4.69) is 5.32 Å². The molecule has 1 saturated carbocycles. The van der Waals surface area contributed by atoms with Crippen LogP contribution in [0.4, 0.5) is 0 Å². The molecule has 1 saturated heterocycles. The van der Waals surface area contributed by atoms with Gasteiger partial charge in [0.25, 0.3) is 0 Å². The summed E-state index contributed by atoms with van der Waals surface area (Å²) in [5, 5.41) is 3.56. The zero-order valence-corrected chi connectivity index (χ0v) is 7.72. The fraction of sp³-hybridized carbons (Fsp3) is 1.00. The van der Waals surface area contributed by atoms with Crippen molar-refractivity contribution in [3.8, 4) is 0 Å². The molecule has 2 heteroatoms. The predicted octanol–water partition coefficient (Wildman–Crippen LogP) is 1.56. The van der Waals surface area contributed by atoms with Gasteiger partial charge in [-0.2, -0.15) is 0 Å². The zero-order valence-electron chi connectivity index (χ0n) is 7.72. The van der Waals surface area contributed by atoms with Crippen molar-refractivity contribution in [2.75, 3.05) is 19.8 Å². The molecule has 2 rings (SSSR count). The number of hydrogen-bond donors (Lipinski definition) is 1. The molecule has 2 nitrogen and oxygen atoms in total. The lowest BCUT2D eigenvalue weighted by Gasteiger charge is -2.25. The molecule has 0 radical (unpaired) electrons. The molecule has 2 fully saturated rings. The van der Waals surface area contributed by atoms with Crippen molar-refractivity contribution in [3.05, 3.63) is 0 Å². The third kappa shape index (κ3) is 2.20. The van der Waals surface area contributed by atoms with E-state index in [1.807, 2.05) is 0 Å². The summed E-state index contributed by atoms with van der Waals surface area (Å²) in [6.45, 7) is 3.10. The van der Waals surface area contributed by atoms with Crippen LogP contribution in [0.15, 0.2) is 0 Å². The molecule has 0 bridgehead atoms. The van der Waals surface area contributed by atoms with Gasteiger partial charge in [-0.1, -0.05) is 19.3 Å². The topological polar surface area (TPSA) is 21.3 Å². The summed E-state index contributed by atoms with van der Waals surface area (Å²) in [5.74, 6) is 1.04. The van der Waals surface area contributed by atoms with Crippen LogP contribution >= 0.6 is 0 Å². The molecule has 1 N–H and O–H groups in total. The molecule has 1 unspecified atom stereocenters. The summed E-state index contributed by atoms with van der Waals surface area (Å²) in [4.78, 5) is 0. The van der Waals surface area contributed by atoms with Crippen LogP contribution in [0.1, 0.15) is 32.1 Å². The van der Waals surface area contributed by atoms with Crippen molar-refractivity contribution in [3.63, 3.8) is 0 Å². The van der Waals surface area contributed by atoms with Crippen LogP contribution in [-0.4, -0.2) is 25.8 Å². The van der Waals surface area contributed by atoms with Gasteiger partial charge in [0.2, 0.25) is 0 Å². The van der Waals surface area contributed by atoms with E-state index in [0.717, 1.165) is 19.1 Å². The second kappa shape index (κ2) is 4.24. The molecule has 12 heavy (non-hydrogen) atoms. The molecule has 0 aromatic carbocycles. The Morgan fingerprint density at radius 1 is 1.25 bits per heavy atom. The standard InChI is InChI=1S/C10H19NO/c1-2-9(3-1)4-6-11-10-5-7-12-8-10/h9-11H,1-8H2. The second-order valence-electron chi connectivity index (χ2n) is 4.10. The highest BCUT2D eigenvalue weighted by Crippen LogP contribution is 2.28. The van der Waals surface area contributed by atoms with Gasteiger partial charge in [-0.25, -0.2) is 0 Å². The van der Waals surface area contributed by atoms with Gasteiger partial charge in [0.05, 0.1) is 6.61 Å². The molecule has 70 valence electrons. The molecular formula is C10H19NO. The molecule has 0 aromatic heterocycles. The maximum atomic E-state index is 5.29. The van der Waals surface area contributed by atoms with Gasteiger partial charge >= 0.3 is 0 Å². The zero-order chi connectivity index (χ0) is 8.23. The van der Waals surface area contributed by atoms with E-state index in [1.165, 1.54) is 38.6 Å². The third-order valence-electron chi connectivity index (χ3n) is 3.14. The lowest BCUT2D eigenvalue weighted by Crippen LogP contribution is -2.31. The fourth-order valence-corrected chi connectivity index (χ4v) is 1.97. The summed E-state index contributed by atoms with van der Waals surface area (Å²) in [6, 6.07) is 0.657. The maximum absolute atomic E-state index is 5.29. The van der Waals surface area contributed by atoms with Crippen molar-refractivity contribution in [2.24, 2.45) is 5.92 Å². The quantitative estimate of drug-likeness (QED) is 0.689. The maximum Gasteiger partial charge on any atom is 0.0620 e. The third-order valence-corrected chi connectivity index (χ3v) is 3.14. The Labute approximate surface area is 74.7 Å². The van der Waals surface area contributed by atoms with Crippen LogP contribution in [0.2, 0.25) is 0 Å². The van der Waals surface area contributed by atoms with Crippen LogP contribution in [0.5, 0.6) is 0 Å². The summed E-state index contributed by atoms with van der Waals surface area (Å²) < 4.78 is 5.29. The van der Waals surface area contributed by atoms with E-state index in [0.29, 0.717) is 6.04 Å². The largest absolute Gasteiger partial charge is 0.380 e. The molecule has 0 aromatic rings. The highest BCUT2D eigenvalue weighted by molar-refractivity contribution is 4.74. The summed E-state index contributed by atoms with van der Waals surface area (Å²) in [5.41, 5.74) is 0. The molecule has 1 atom stereocenters. The number of hydrogen-bond acceptors (Lipinski definition) is 2. The van der Waals surface area contributed by atoms with Crippen molar-refractivity contribution in [1.29, 1.82) is 0 Å². The van der Waals surface area contributed by atoms with Gasteiger partial charge in [-0.15, -0.1) is 0 Å². The van der Waals surface area contributed by atoms with Crippen LogP contribution in [-0.2, 0) is 4.74 Å². The lowest BCUT2D eigenvalue weighted by molar-refractivity contribution is 0.189. The number of nitrogens with one attached hydrogen (secondary N) is 1. The molecule has 0 amide bonds. The monoisotopic (exact) mass is 169 g/mol.